The highest BCUT2D eigenvalue weighted by Crippen LogP contribution is 2.41. The first-order chi connectivity index (χ1) is 19.8. The molecule has 41 heavy (non-hydrogen) atoms. The topological polar surface area (TPSA) is 108 Å². The van der Waals surface area contributed by atoms with Gasteiger partial charge in [0.1, 0.15) is 6.07 Å². The zero-order valence-electron chi connectivity index (χ0n) is 22.0. The van der Waals surface area contributed by atoms with Gasteiger partial charge < -0.3 is 9.64 Å². The lowest BCUT2D eigenvalue weighted by Crippen LogP contribution is -2.23. The first kappa shape index (κ1) is 27.6. The second-order valence-corrected chi connectivity index (χ2v) is 11.0. The molecule has 0 saturated carbocycles. The van der Waals surface area contributed by atoms with Gasteiger partial charge in [0.25, 0.3) is 10.1 Å². The predicted octanol–water partition coefficient (Wildman–Crippen LogP) is 6.71. The van der Waals surface area contributed by atoms with Crippen molar-refractivity contribution in [3.8, 4) is 22.9 Å². The maximum absolute atomic E-state index is 13.1. The van der Waals surface area contributed by atoms with Crippen LogP contribution < -0.4 is 9.64 Å². The number of nitrogens with zero attached hydrogens (tertiary/aromatic N) is 2. The highest BCUT2D eigenvalue weighted by molar-refractivity contribution is 7.85. The SMILES string of the molecule is N#C\C(=C/C=C/C=C1\Oc2ccc(-c3ccccc3)cc2N1CCCS(=O)(=O)O)C(=O)c1cccc2ccccc12. The molecule has 1 heterocycles. The Bertz CT molecular complexity index is 1850. The molecular weight excluding hydrogens is 536 g/mol. The van der Waals surface area contributed by atoms with Crippen molar-refractivity contribution in [2.75, 3.05) is 17.2 Å². The summed E-state index contributed by atoms with van der Waals surface area (Å²) in [5.74, 6) is 0.302. The summed E-state index contributed by atoms with van der Waals surface area (Å²) in [7, 11) is -4.11. The van der Waals surface area contributed by atoms with Crippen molar-refractivity contribution < 1.29 is 22.5 Å². The van der Waals surface area contributed by atoms with Gasteiger partial charge in [-0.3, -0.25) is 9.35 Å². The Kier molecular flexibility index (Phi) is 8.11. The van der Waals surface area contributed by atoms with E-state index < -0.39 is 10.1 Å². The summed E-state index contributed by atoms with van der Waals surface area (Å²) in [4.78, 5) is 15.0. The lowest BCUT2D eigenvalue weighted by molar-refractivity contribution is 0.104. The van der Waals surface area contributed by atoms with Crippen LogP contribution >= 0.6 is 0 Å². The number of allylic oxidation sites excluding steroid dienone is 5. The van der Waals surface area contributed by atoms with Crippen LogP contribution in [-0.4, -0.2) is 31.1 Å². The Morgan fingerprint density at radius 3 is 2.46 bits per heavy atom. The summed E-state index contributed by atoms with van der Waals surface area (Å²) in [6.45, 7) is 0.281. The summed E-state index contributed by atoms with van der Waals surface area (Å²) < 4.78 is 37.9. The Balaban J connectivity index is 1.40. The number of Topliss-reactive ketones (excluding diaryl/α,β-unsaturated/α-hetero) is 1. The molecule has 1 N–H and O–H groups in total. The maximum Gasteiger partial charge on any atom is 0.264 e. The Labute approximate surface area is 238 Å². The van der Waals surface area contributed by atoms with Gasteiger partial charge in [-0.1, -0.05) is 91.0 Å². The Morgan fingerprint density at radius 1 is 0.927 bits per heavy atom. The highest BCUT2D eigenvalue weighted by Gasteiger charge is 2.26. The average Bonchev–Trinajstić information content (AvgIpc) is 3.32. The van der Waals surface area contributed by atoms with Crippen LogP contribution in [0.5, 0.6) is 5.75 Å². The lowest BCUT2D eigenvalue weighted by Gasteiger charge is -2.18. The number of benzene rings is 4. The molecule has 4 aromatic carbocycles. The van der Waals surface area contributed by atoms with E-state index in [0.717, 1.165) is 27.6 Å². The van der Waals surface area contributed by atoms with Crippen molar-refractivity contribution in [2.24, 2.45) is 0 Å². The van der Waals surface area contributed by atoms with Gasteiger partial charge in [0.05, 0.1) is 17.0 Å². The third-order valence-corrected chi connectivity index (χ3v) is 7.44. The van der Waals surface area contributed by atoms with E-state index in [0.29, 0.717) is 17.2 Å². The van der Waals surface area contributed by atoms with Crippen LogP contribution in [0.2, 0.25) is 0 Å². The first-order valence-electron chi connectivity index (χ1n) is 13.0. The Morgan fingerprint density at radius 2 is 1.68 bits per heavy atom. The zero-order chi connectivity index (χ0) is 28.8. The molecule has 8 heteroatoms. The number of rotatable bonds is 9. The van der Waals surface area contributed by atoms with Gasteiger partial charge in [-0.15, -0.1) is 0 Å². The number of nitriles is 1. The second-order valence-electron chi connectivity index (χ2n) is 9.38. The largest absolute Gasteiger partial charge is 0.439 e. The van der Waals surface area contributed by atoms with Crippen LogP contribution in [0.25, 0.3) is 21.9 Å². The van der Waals surface area contributed by atoms with Crippen molar-refractivity contribution >= 4 is 32.4 Å². The summed E-state index contributed by atoms with van der Waals surface area (Å²) in [6.07, 6.45) is 6.56. The van der Waals surface area contributed by atoms with Crippen LogP contribution in [0.15, 0.2) is 127 Å². The number of carbonyl (C=O) groups is 1. The number of hydrogen-bond donors (Lipinski definition) is 1. The lowest BCUT2D eigenvalue weighted by atomic mass is 9.97. The predicted molar refractivity (Wildman–Crippen MR) is 160 cm³/mol. The minimum atomic E-state index is -4.11. The quantitative estimate of drug-likeness (QED) is 0.0794. The molecule has 5 rings (SSSR count). The van der Waals surface area contributed by atoms with Gasteiger partial charge in [-0.25, -0.2) is 0 Å². The molecule has 0 aliphatic carbocycles. The van der Waals surface area contributed by atoms with Crippen LogP contribution in [0.1, 0.15) is 16.8 Å². The van der Waals surface area contributed by atoms with Crippen LogP contribution in [-0.2, 0) is 10.1 Å². The first-order valence-corrected chi connectivity index (χ1v) is 14.6. The molecule has 0 amide bonds. The molecule has 0 unspecified atom stereocenters. The van der Waals surface area contributed by atoms with Gasteiger partial charge in [0.15, 0.2) is 5.75 Å². The summed E-state index contributed by atoms with van der Waals surface area (Å²) >= 11 is 0. The number of hydrogen-bond acceptors (Lipinski definition) is 6. The van der Waals surface area contributed by atoms with E-state index in [1.54, 1.807) is 30.4 Å². The number of ether oxygens (including phenoxy) is 1. The third-order valence-electron chi connectivity index (χ3n) is 6.63. The van der Waals surface area contributed by atoms with E-state index in [-0.39, 0.29) is 30.1 Å². The van der Waals surface area contributed by atoms with E-state index >= 15 is 0 Å². The van der Waals surface area contributed by atoms with Gasteiger partial charge in [-0.05, 0) is 52.6 Å². The van der Waals surface area contributed by atoms with Crippen molar-refractivity contribution in [1.29, 1.82) is 5.26 Å². The van der Waals surface area contributed by atoms with E-state index in [9.17, 15) is 23.0 Å². The van der Waals surface area contributed by atoms with Gasteiger partial charge in [-0.2, -0.15) is 13.7 Å². The van der Waals surface area contributed by atoms with E-state index in [1.165, 1.54) is 6.08 Å². The van der Waals surface area contributed by atoms with Crippen LogP contribution in [0, 0.1) is 11.3 Å². The van der Waals surface area contributed by atoms with E-state index in [4.69, 9.17) is 4.74 Å². The molecule has 0 saturated heterocycles. The minimum absolute atomic E-state index is 0.0101. The fraction of sp³-hybridized carbons (Fsp3) is 0.0909. The summed E-state index contributed by atoms with van der Waals surface area (Å²) in [6, 6.07) is 30.5. The molecule has 0 aromatic heterocycles. The van der Waals surface area contributed by atoms with Gasteiger partial charge >= 0.3 is 0 Å². The molecule has 204 valence electrons. The molecule has 0 fully saturated rings. The van der Waals surface area contributed by atoms with E-state index in [1.807, 2.05) is 89.8 Å². The zero-order valence-corrected chi connectivity index (χ0v) is 22.8. The average molecular weight is 563 g/mol. The number of anilines is 1. The minimum Gasteiger partial charge on any atom is -0.439 e. The Hall–Kier alpha value is -4.97. The van der Waals surface area contributed by atoms with Gasteiger partial charge in [0.2, 0.25) is 11.7 Å². The fourth-order valence-electron chi connectivity index (χ4n) is 4.69. The molecule has 1 aliphatic rings. The normalized spacial score (nSPS) is 14.3. The standard InChI is InChI=1S/C33H26N2O5S/c34-23-27(33(36)29-16-8-14-25-12-4-6-15-28(25)29)13-5-7-17-32-35(20-9-21-41(37,38)39)30-22-26(18-19-31(30)40-32)24-10-2-1-3-11-24/h1-8,10-19,22H,9,20-21H2,(H,37,38,39)/b7-5+,27-13+,32-17-. The molecule has 7 nitrogen and oxygen atoms in total. The van der Waals surface area contributed by atoms with Crippen molar-refractivity contribution in [3.05, 3.63) is 132 Å². The molecular formula is C33H26N2O5S. The highest BCUT2D eigenvalue weighted by atomic mass is 32.2. The maximum atomic E-state index is 13.1. The molecule has 0 atom stereocenters. The summed E-state index contributed by atoms with van der Waals surface area (Å²) in [5.41, 5.74) is 3.20. The van der Waals surface area contributed by atoms with Crippen molar-refractivity contribution in [1.82, 2.24) is 0 Å². The smallest absolute Gasteiger partial charge is 0.264 e. The number of ketones is 1. The van der Waals surface area contributed by atoms with Crippen molar-refractivity contribution in [2.45, 2.75) is 6.42 Å². The summed E-state index contributed by atoms with van der Waals surface area (Å²) in [5, 5.41) is 11.4. The van der Waals surface area contributed by atoms with Crippen molar-refractivity contribution in [3.63, 3.8) is 0 Å². The molecule has 0 spiro atoms. The molecule has 0 bridgehead atoms. The van der Waals surface area contributed by atoms with Gasteiger partial charge in [0, 0.05) is 12.1 Å². The van der Waals surface area contributed by atoms with Crippen LogP contribution in [0.3, 0.4) is 0 Å². The molecule has 4 aromatic rings. The fourth-order valence-corrected chi connectivity index (χ4v) is 5.19. The molecule has 0 radical (unpaired) electrons. The molecule has 1 aliphatic heterocycles. The second kappa shape index (κ2) is 12.0. The van der Waals surface area contributed by atoms with E-state index in [2.05, 4.69) is 0 Å². The van der Waals surface area contributed by atoms with Crippen LogP contribution in [0.4, 0.5) is 5.69 Å². The number of carbonyl (C=O) groups excluding carboxylic acids is 1. The third kappa shape index (κ3) is 6.44. The monoisotopic (exact) mass is 562 g/mol. The number of fused-ring (bicyclic) bond motifs is 2.